The predicted octanol–water partition coefficient (Wildman–Crippen LogP) is 4.07. The minimum absolute atomic E-state index is 0.113. The van der Waals surface area contributed by atoms with Crippen molar-refractivity contribution in [2.24, 2.45) is 0 Å². The molecule has 0 N–H and O–H groups in total. The number of rotatable bonds is 11. The smallest absolute Gasteiger partial charge is 0.223 e. The molecule has 0 spiro atoms. The maximum absolute atomic E-state index is 14.2. The zero-order chi connectivity index (χ0) is 26.2. The molecule has 1 fully saturated rings. The second-order valence-electron chi connectivity index (χ2n) is 9.72. The molecule has 0 saturated carbocycles. The minimum Gasteiger partial charge on any atom is -0.385 e. The van der Waals surface area contributed by atoms with E-state index in [1.807, 2.05) is 40.8 Å². The molecule has 4 rings (SSSR count). The molecule has 1 amide bonds. The van der Waals surface area contributed by atoms with Crippen molar-refractivity contribution in [3.63, 3.8) is 0 Å². The number of hydrogen-bond donors (Lipinski definition) is 0. The molecule has 8 heteroatoms. The number of methoxy groups -OCH3 is 1. The SMILES string of the molecule is COCCCN(Cc1c(C)nn(-c2cccc(F)c2)c1N1CCN(C)CC1)C(=O)CCc1ccccc1. The lowest BCUT2D eigenvalue weighted by Crippen LogP contribution is -2.45. The quantitative estimate of drug-likeness (QED) is 0.366. The largest absolute Gasteiger partial charge is 0.385 e. The van der Waals surface area contributed by atoms with E-state index >= 15 is 0 Å². The maximum Gasteiger partial charge on any atom is 0.223 e. The number of amides is 1. The van der Waals surface area contributed by atoms with Crippen LogP contribution in [-0.4, -0.2) is 79.0 Å². The molecule has 1 saturated heterocycles. The molecule has 1 aromatic heterocycles. The molecule has 2 heterocycles. The molecule has 1 aliphatic rings. The summed E-state index contributed by atoms with van der Waals surface area (Å²) in [5.74, 6) is 0.764. The van der Waals surface area contributed by atoms with E-state index in [9.17, 15) is 9.18 Å². The van der Waals surface area contributed by atoms with Crippen LogP contribution in [0.15, 0.2) is 54.6 Å². The fraction of sp³-hybridized carbons (Fsp3) is 0.448. The topological polar surface area (TPSA) is 53.8 Å². The second-order valence-corrected chi connectivity index (χ2v) is 9.72. The van der Waals surface area contributed by atoms with Gasteiger partial charge in [-0.05, 0) is 50.6 Å². The van der Waals surface area contributed by atoms with E-state index in [0.29, 0.717) is 38.2 Å². The molecular formula is C29H38FN5O2. The number of likely N-dealkylation sites (N-methyl/N-ethyl adjacent to an activating group) is 1. The molecule has 2 aromatic carbocycles. The molecule has 0 unspecified atom stereocenters. The first kappa shape index (κ1) is 26.8. The Kier molecular flexibility index (Phi) is 9.30. The summed E-state index contributed by atoms with van der Waals surface area (Å²) in [6.07, 6.45) is 1.90. The Hall–Kier alpha value is -3.23. The van der Waals surface area contributed by atoms with Gasteiger partial charge in [-0.2, -0.15) is 5.10 Å². The normalized spacial score (nSPS) is 14.2. The number of halogens is 1. The monoisotopic (exact) mass is 507 g/mol. The van der Waals surface area contributed by atoms with Crippen LogP contribution in [0.1, 0.15) is 29.7 Å². The number of piperazine rings is 1. The highest BCUT2D eigenvalue weighted by atomic mass is 19.1. The van der Waals surface area contributed by atoms with Crippen LogP contribution in [0.2, 0.25) is 0 Å². The number of anilines is 1. The number of ether oxygens (including phenoxy) is 1. The van der Waals surface area contributed by atoms with E-state index in [4.69, 9.17) is 9.84 Å². The van der Waals surface area contributed by atoms with Crippen LogP contribution in [0.4, 0.5) is 10.2 Å². The van der Waals surface area contributed by atoms with Gasteiger partial charge in [0, 0.05) is 58.4 Å². The van der Waals surface area contributed by atoms with Gasteiger partial charge in [-0.3, -0.25) is 4.79 Å². The van der Waals surface area contributed by atoms with Crippen LogP contribution in [0, 0.1) is 12.7 Å². The van der Waals surface area contributed by atoms with Gasteiger partial charge >= 0.3 is 0 Å². The Morgan fingerprint density at radius 1 is 1.08 bits per heavy atom. The van der Waals surface area contributed by atoms with Crippen LogP contribution >= 0.6 is 0 Å². The predicted molar refractivity (Wildman–Crippen MR) is 145 cm³/mol. The Balaban J connectivity index is 1.64. The third-order valence-electron chi connectivity index (χ3n) is 6.96. The van der Waals surface area contributed by atoms with Gasteiger partial charge in [-0.1, -0.05) is 36.4 Å². The van der Waals surface area contributed by atoms with Crippen LogP contribution in [0.5, 0.6) is 0 Å². The fourth-order valence-corrected chi connectivity index (χ4v) is 4.80. The summed E-state index contributed by atoms with van der Waals surface area (Å²) >= 11 is 0. The zero-order valence-corrected chi connectivity index (χ0v) is 22.2. The number of hydrogen-bond acceptors (Lipinski definition) is 5. The lowest BCUT2D eigenvalue weighted by molar-refractivity contribution is -0.132. The molecule has 0 atom stereocenters. The fourth-order valence-electron chi connectivity index (χ4n) is 4.80. The second kappa shape index (κ2) is 12.8. The molecule has 0 aliphatic carbocycles. The average molecular weight is 508 g/mol. The highest BCUT2D eigenvalue weighted by Gasteiger charge is 2.27. The molecule has 198 valence electrons. The number of nitrogens with zero attached hydrogens (tertiary/aromatic N) is 5. The Morgan fingerprint density at radius 3 is 2.54 bits per heavy atom. The third-order valence-corrected chi connectivity index (χ3v) is 6.96. The van der Waals surface area contributed by atoms with Crippen LogP contribution in [-0.2, 0) is 22.5 Å². The standard InChI is InChI=1S/C29H38FN5O2/c1-23-27(22-34(15-8-20-37-3)28(36)14-13-24-9-5-4-6-10-24)29(33-18-16-32(2)17-19-33)35(31-23)26-12-7-11-25(30)21-26/h4-7,9-12,21H,8,13-20,22H2,1-3H3. The van der Waals surface area contributed by atoms with Gasteiger partial charge in [0.25, 0.3) is 0 Å². The van der Waals surface area contributed by atoms with Crippen molar-refractivity contribution in [2.75, 3.05) is 58.4 Å². The first-order chi connectivity index (χ1) is 18.0. The Morgan fingerprint density at radius 2 is 1.84 bits per heavy atom. The number of aromatic nitrogens is 2. The van der Waals surface area contributed by atoms with Crippen LogP contribution < -0.4 is 4.90 Å². The maximum atomic E-state index is 14.2. The molecule has 0 bridgehead atoms. The number of benzene rings is 2. The van der Waals surface area contributed by atoms with Gasteiger partial charge in [0.05, 0.1) is 17.9 Å². The summed E-state index contributed by atoms with van der Waals surface area (Å²) in [6, 6.07) is 16.6. The molecular weight excluding hydrogens is 469 g/mol. The van der Waals surface area contributed by atoms with Gasteiger partial charge in [-0.15, -0.1) is 0 Å². The van der Waals surface area contributed by atoms with E-state index in [0.717, 1.165) is 55.2 Å². The molecule has 7 nitrogen and oxygen atoms in total. The molecule has 0 radical (unpaired) electrons. The summed E-state index contributed by atoms with van der Waals surface area (Å²) in [5, 5.41) is 4.85. The van der Waals surface area contributed by atoms with E-state index in [1.165, 1.54) is 12.1 Å². The minimum atomic E-state index is -0.297. The highest BCUT2D eigenvalue weighted by Crippen LogP contribution is 2.30. The summed E-state index contributed by atoms with van der Waals surface area (Å²) in [4.78, 5) is 20.0. The van der Waals surface area contributed by atoms with E-state index < -0.39 is 0 Å². The van der Waals surface area contributed by atoms with Crippen molar-refractivity contribution >= 4 is 11.7 Å². The van der Waals surface area contributed by atoms with Gasteiger partial charge < -0.3 is 19.4 Å². The number of carbonyl (C=O) groups excluding carboxylic acids is 1. The van der Waals surface area contributed by atoms with E-state index in [2.05, 4.69) is 29.0 Å². The first-order valence-corrected chi connectivity index (χ1v) is 13.0. The Bertz CT molecular complexity index is 1160. The number of aryl methyl sites for hydroxylation is 2. The Labute approximate surface area is 219 Å². The van der Waals surface area contributed by atoms with Crippen molar-refractivity contribution < 1.29 is 13.9 Å². The van der Waals surface area contributed by atoms with Gasteiger partial charge in [0.2, 0.25) is 5.91 Å². The molecule has 1 aliphatic heterocycles. The van der Waals surface area contributed by atoms with Crippen molar-refractivity contribution in [2.45, 2.75) is 32.7 Å². The average Bonchev–Trinajstić information content (AvgIpc) is 3.23. The lowest BCUT2D eigenvalue weighted by atomic mass is 10.1. The van der Waals surface area contributed by atoms with Gasteiger partial charge in [0.1, 0.15) is 11.6 Å². The van der Waals surface area contributed by atoms with Crippen molar-refractivity contribution in [1.82, 2.24) is 19.6 Å². The summed E-state index contributed by atoms with van der Waals surface area (Å²) in [6.45, 7) is 7.18. The van der Waals surface area contributed by atoms with Crippen molar-refractivity contribution in [3.05, 3.63) is 77.2 Å². The lowest BCUT2D eigenvalue weighted by Gasteiger charge is -2.35. The van der Waals surface area contributed by atoms with Crippen LogP contribution in [0.25, 0.3) is 5.69 Å². The molecule has 37 heavy (non-hydrogen) atoms. The van der Waals surface area contributed by atoms with Gasteiger partial charge in [-0.25, -0.2) is 9.07 Å². The van der Waals surface area contributed by atoms with Crippen molar-refractivity contribution in [3.8, 4) is 5.69 Å². The summed E-state index contributed by atoms with van der Waals surface area (Å²) in [7, 11) is 3.80. The zero-order valence-electron chi connectivity index (χ0n) is 22.2. The van der Waals surface area contributed by atoms with Crippen LogP contribution in [0.3, 0.4) is 0 Å². The number of carbonyl (C=O) groups is 1. The van der Waals surface area contributed by atoms with E-state index in [-0.39, 0.29) is 11.7 Å². The first-order valence-electron chi connectivity index (χ1n) is 13.0. The summed E-state index contributed by atoms with van der Waals surface area (Å²) in [5.41, 5.74) is 3.70. The highest BCUT2D eigenvalue weighted by molar-refractivity contribution is 5.77. The summed E-state index contributed by atoms with van der Waals surface area (Å²) < 4.78 is 21.3. The van der Waals surface area contributed by atoms with Gasteiger partial charge in [0.15, 0.2) is 0 Å². The van der Waals surface area contributed by atoms with Crippen molar-refractivity contribution in [1.29, 1.82) is 0 Å². The third kappa shape index (κ3) is 6.96. The molecule has 3 aromatic rings. The van der Waals surface area contributed by atoms with E-state index in [1.54, 1.807) is 13.2 Å².